The Hall–Kier alpha value is -1.59. The highest BCUT2D eigenvalue weighted by atomic mass is 31.2. The van der Waals surface area contributed by atoms with Gasteiger partial charge in [0, 0.05) is 23.7 Å². The third-order valence-electron chi connectivity index (χ3n) is 3.16. The average molecular weight is 449 g/mol. The van der Waals surface area contributed by atoms with Crippen LogP contribution in [-0.2, 0) is 9.13 Å². The monoisotopic (exact) mass is 449 g/mol. The first-order valence-electron chi connectivity index (χ1n) is 8.10. The van der Waals surface area contributed by atoms with E-state index in [1.807, 2.05) is 30.5 Å². The highest BCUT2D eigenvalue weighted by Crippen LogP contribution is 2.28. The van der Waals surface area contributed by atoms with E-state index in [2.05, 4.69) is 17.2 Å². The lowest BCUT2D eigenvalue weighted by molar-refractivity contribution is -0.434. The molecule has 0 saturated heterocycles. The van der Waals surface area contributed by atoms with E-state index in [0.717, 1.165) is 41.7 Å². The number of hydrogen-bond donors (Lipinski definition) is 2. The van der Waals surface area contributed by atoms with E-state index in [1.54, 1.807) is 7.11 Å². The van der Waals surface area contributed by atoms with Gasteiger partial charge in [-0.2, -0.15) is 15.6 Å². The fraction of sp³-hybridized carbons (Fsp3) is 0.400. The van der Waals surface area contributed by atoms with Crippen molar-refractivity contribution in [3.63, 3.8) is 0 Å². The zero-order valence-corrected chi connectivity index (χ0v) is 17.5. The predicted molar refractivity (Wildman–Crippen MR) is 94.9 cm³/mol. The first-order chi connectivity index (χ1) is 13.2. The second kappa shape index (κ2) is 12.9. The molecule has 0 aliphatic rings. The Morgan fingerprint density at radius 2 is 1.69 bits per heavy atom. The summed E-state index contributed by atoms with van der Waals surface area (Å²) in [5.74, 6) is 0.842. The van der Waals surface area contributed by atoms with Crippen LogP contribution in [0.1, 0.15) is 19.8 Å². The second-order valence-corrected chi connectivity index (χ2v) is 7.41. The van der Waals surface area contributed by atoms with Gasteiger partial charge in [-0.25, -0.2) is 0 Å². The Balaban J connectivity index is 0.000000653. The van der Waals surface area contributed by atoms with Gasteiger partial charge in [0.2, 0.25) is 0 Å². The van der Waals surface area contributed by atoms with E-state index in [1.165, 1.54) is 0 Å². The minimum atomic E-state index is -5.39. The third-order valence-corrected chi connectivity index (χ3v) is 3.16. The number of nitrogens with zero attached hydrogens (tertiary/aromatic N) is 1. The number of phosphoric acid groups is 2. The molecule has 0 fully saturated rings. The number of hydrogen-bond acceptors (Lipinski definition) is 12. The van der Waals surface area contributed by atoms with Crippen molar-refractivity contribution in [2.45, 2.75) is 25.8 Å². The van der Waals surface area contributed by atoms with Crippen molar-refractivity contribution >= 4 is 32.2 Å². The summed E-state index contributed by atoms with van der Waals surface area (Å²) >= 11 is 0. The molecule has 1 aromatic heterocycles. The van der Waals surface area contributed by atoms with Crippen molar-refractivity contribution in [3.05, 3.63) is 30.5 Å². The Morgan fingerprint density at radius 1 is 1.14 bits per heavy atom. The summed E-state index contributed by atoms with van der Waals surface area (Å²) in [5, 5.41) is 4.58. The molecule has 1 aromatic carbocycles. The van der Waals surface area contributed by atoms with Crippen LogP contribution in [0.3, 0.4) is 0 Å². The zero-order valence-electron chi connectivity index (χ0n) is 15.7. The molecule has 1 heterocycles. The lowest BCUT2D eigenvalue weighted by Gasteiger charge is -2.36. The van der Waals surface area contributed by atoms with E-state index >= 15 is 0 Å². The lowest BCUT2D eigenvalue weighted by atomic mass is 10.1. The first-order valence-corrected chi connectivity index (χ1v) is 11.0. The van der Waals surface area contributed by atoms with Crippen LogP contribution < -0.4 is 45.1 Å². The van der Waals surface area contributed by atoms with Gasteiger partial charge in [-0.1, -0.05) is 6.07 Å². The van der Waals surface area contributed by atoms with E-state index in [-0.39, 0.29) is 0 Å². The summed E-state index contributed by atoms with van der Waals surface area (Å²) < 4.78 is 22.4. The molecule has 0 aliphatic carbocycles. The molecule has 29 heavy (non-hydrogen) atoms. The summed E-state index contributed by atoms with van der Waals surface area (Å²) in [7, 11) is -9.10. The van der Waals surface area contributed by atoms with Crippen molar-refractivity contribution in [3.8, 4) is 5.75 Å². The molecule has 2 aromatic rings. The predicted octanol–water partition coefficient (Wildman–Crippen LogP) is -2.87. The number of rotatable bonds is 6. The van der Waals surface area contributed by atoms with Crippen LogP contribution >= 0.6 is 15.6 Å². The van der Waals surface area contributed by atoms with Crippen molar-refractivity contribution in [1.29, 1.82) is 0 Å². The van der Waals surface area contributed by atoms with Gasteiger partial charge in [-0.15, -0.1) is 0 Å². The normalized spacial score (nSPS) is 12.2. The lowest BCUT2D eigenvalue weighted by Crippen LogP contribution is -2.24. The third kappa shape index (κ3) is 16.0. The van der Waals surface area contributed by atoms with Gasteiger partial charge >= 0.3 is 0 Å². The number of pyridine rings is 1. The smallest absolute Gasteiger partial charge is 0.121 e. The average Bonchev–Trinajstić information content (AvgIpc) is 2.57. The Kier molecular flexibility index (Phi) is 12.2. The van der Waals surface area contributed by atoms with Gasteiger partial charge in [0.15, 0.2) is 0 Å². The van der Waals surface area contributed by atoms with Crippen LogP contribution in [0.5, 0.6) is 5.75 Å². The maximum atomic E-state index is 8.55. The molecule has 1 unspecified atom stereocenters. The van der Waals surface area contributed by atoms with Gasteiger partial charge in [0.1, 0.15) is 5.75 Å². The minimum Gasteiger partial charge on any atom is -0.822 e. The van der Waals surface area contributed by atoms with E-state index in [4.69, 9.17) is 49.0 Å². The Morgan fingerprint density at radius 3 is 2.17 bits per heavy atom. The molecule has 0 radical (unpaired) electrons. The molecular formula is C15H21N3O9P2-6. The zero-order chi connectivity index (χ0) is 22.7. The van der Waals surface area contributed by atoms with Crippen molar-refractivity contribution < 1.29 is 43.2 Å². The van der Waals surface area contributed by atoms with E-state index in [0.29, 0.717) is 6.04 Å². The van der Waals surface area contributed by atoms with Crippen molar-refractivity contribution in [2.75, 3.05) is 19.0 Å². The summed E-state index contributed by atoms with van der Waals surface area (Å²) in [5.41, 5.74) is 7.53. The fourth-order valence-electron chi connectivity index (χ4n) is 2.15. The van der Waals surface area contributed by atoms with Gasteiger partial charge in [-0.05, 0) is 38.4 Å². The molecule has 166 valence electrons. The quantitative estimate of drug-likeness (QED) is 0.424. The summed E-state index contributed by atoms with van der Waals surface area (Å²) in [6.45, 7) is 2.88. The van der Waals surface area contributed by atoms with Crippen LogP contribution in [0.2, 0.25) is 0 Å². The summed E-state index contributed by atoms with van der Waals surface area (Å²) in [6.07, 6.45) is 3.87. The molecule has 14 heteroatoms. The molecule has 0 amide bonds. The van der Waals surface area contributed by atoms with E-state index in [9.17, 15) is 0 Å². The number of aromatic nitrogens is 1. The second-order valence-electron chi connectivity index (χ2n) is 5.62. The topological polar surface area (TPSA) is 233 Å². The van der Waals surface area contributed by atoms with E-state index < -0.39 is 15.6 Å². The largest absolute Gasteiger partial charge is 0.822 e. The standard InChI is InChI=1S/C15H21N3O.2H3O4P/c1-11(5-3-7-16)18-14-10-13(19-2)9-12-6-4-8-17-15(12)14;2*1-5(2,3)4/h4,6,8-11,18H,3,5,7,16H2,1-2H3;2*(H3,1,2,3,4)/p-6. The molecule has 0 bridgehead atoms. The highest BCUT2D eigenvalue weighted by molar-refractivity contribution is 7.40. The number of ether oxygens (including phenoxy) is 1. The number of nitrogens with two attached hydrogens (primary N) is 1. The maximum Gasteiger partial charge on any atom is 0.121 e. The first kappa shape index (κ1) is 27.4. The molecule has 3 N–H and O–H groups in total. The Labute approximate surface area is 167 Å². The number of fused-ring (bicyclic) bond motifs is 1. The number of anilines is 1. The van der Waals surface area contributed by atoms with Crippen LogP contribution in [0.25, 0.3) is 10.9 Å². The molecule has 0 aliphatic heterocycles. The van der Waals surface area contributed by atoms with Gasteiger partial charge in [0.05, 0.1) is 18.3 Å². The number of methoxy groups -OCH3 is 1. The number of nitrogens with one attached hydrogen (secondary N) is 1. The molecular weight excluding hydrogens is 428 g/mol. The fourth-order valence-corrected chi connectivity index (χ4v) is 2.15. The van der Waals surface area contributed by atoms with Crippen LogP contribution in [-0.4, -0.2) is 24.7 Å². The maximum absolute atomic E-state index is 8.55. The summed E-state index contributed by atoms with van der Waals surface area (Å²) in [4.78, 5) is 55.7. The van der Waals surface area contributed by atoms with Gasteiger partial charge in [-0.3, -0.25) is 4.98 Å². The molecule has 12 nitrogen and oxygen atoms in total. The molecule has 0 saturated carbocycles. The van der Waals surface area contributed by atoms with Gasteiger partial charge in [0.25, 0.3) is 0 Å². The van der Waals surface area contributed by atoms with Crippen molar-refractivity contribution in [1.82, 2.24) is 4.98 Å². The van der Waals surface area contributed by atoms with Crippen LogP contribution in [0.15, 0.2) is 30.5 Å². The molecule has 1 atom stereocenters. The van der Waals surface area contributed by atoms with Crippen molar-refractivity contribution in [2.24, 2.45) is 5.73 Å². The molecule has 2 rings (SSSR count). The Bertz CT molecular complexity index is 804. The van der Waals surface area contributed by atoms with Crippen LogP contribution in [0.4, 0.5) is 5.69 Å². The SMILES string of the molecule is COc1cc(NC(C)CCCN)c2ncccc2c1.O=P([O-])([O-])[O-].O=P([O-])([O-])[O-]. The highest BCUT2D eigenvalue weighted by Gasteiger charge is 2.08. The van der Waals surface area contributed by atoms with Crippen LogP contribution in [0, 0.1) is 0 Å². The minimum absolute atomic E-state index is 0.362. The van der Waals surface area contributed by atoms with Gasteiger partial charge < -0.3 is 54.3 Å². The summed E-state index contributed by atoms with van der Waals surface area (Å²) in [6, 6.07) is 8.33. The number of benzene rings is 1. The molecule has 0 spiro atoms.